The first-order valence-electron chi connectivity index (χ1n) is 7.10. The van der Waals surface area contributed by atoms with E-state index in [4.69, 9.17) is 9.47 Å². The fourth-order valence-electron chi connectivity index (χ4n) is 2.73. The summed E-state index contributed by atoms with van der Waals surface area (Å²) in [5, 5.41) is 10.7. The Morgan fingerprint density at radius 1 is 1.24 bits per heavy atom. The highest BCUT2D eigenvalue weighted by Crippen LogP contribution is 2.37. The minimum absolute atomic E-state index is 0.00264. The topological polar surface area (TPSA) is 56.5 Å². The highest BCUT2D eigenvalue weighted by atomic mass is 32.2. The number of ether oxygens (including phenoxy) is 2. The quantitative estimate of drug-likeness (QED) is 0.922. The van der Waals surface area contributed by atoms with Gasteiger partial charge in [-0.3, -0.25) is 0 Å². The van der Waals surface area contributed by atoms with Crippen LogP contribution in [0.1, 0.15) is 12.1 Å². The zero-order chi connectivity index (χ0) is 14.2. The maximum Gasteiger partial charge on any atom is 0.168 e. The molecule has 3 heterocycles. The molecule has 5 nitrogen and oxygen atoms in total. The molecular weight excluding hydrogens is 288 g/mol. The maximum absolute atomic E-state index is 9.69. The summed E-state index contributed by atoms with van der Waals surface area (Å²) in [7, 11) is 0. The summed E-state index contributed by atoms with van der Waals surface area (Å²) >= 11 is 1.73. The second-order valence-corrected chi connectivity index (χ2v) is 6.12. The van der Waals surface area contributed by atoms with E-state index < -0.39 is 0 Å². The predicted octanol–water partition coefficient (Wildman–Crippen LogP) is 2.31. The lowest BCUT2D eigenvalue weighted by Gasteiger charge is -2.09. The van der Waals surface area contributed by atoms with Gasteiger partial charge in [-0.05, 0) is 18.2 Å². The Balaban J connectivity index is 1.79. The predicted molar refractivity (Wildman–Crippen MR) is 79.9 cm³/mol. The minimum atomic E-state index is -0.00264. The van der Waals surface area contributed by atoms with E-state index in [1.165, 1.54) is 0 Å². The Hall–Kier alpha value is -1.66. The van der Waals surface area contributed by atoms with Gasteiger partial charge in [0.15, 0.2) is 16.7 Å². The molecule has 0 spiro atoms. The van der Waals surface area contributed by atoms with Crippen molar-refractivity contribution in [3.8, 4) is 22.8 Å². The summed E-state index contributed by atoms with van der Waals surface area (Å²) in [4.78, 5) is 4.67. The molecule has 110 valence electrons. The fourth-order valence-corrected chi connectivity index (χ4v) is 3.70. The summed E-state index contributed by atoms with van der Waals surface area (Å²) in [6.07, 6.45) is 0.890. The van der Waals surface area contributed by atoms with Crippen LogP contribution in [-0.4, -0.2) is 33.6 Å². The number of aromatic nitrogens is 2. The second-order valence-electron chi connectivity index (χ2n) is 5.06. The highest BCUT2D eigenvalue weighted by molar-refractivity contribution is 7.99. The minimum Gasteiger partial charge on any atom is -0.490 e. The molecule has 0 unspecified atom stereocenters. The van der Waals surface area contributed by atoms with Crippen molar-refractivity contribution < 1.29 is 14.6 Å². The van der Waals surface area contributed by atoms with E-state index in [1.54, 1.807) is 11.8 Å². The smallest absolute Gasteiger partial charge is 0.168 e. The number of benzene rings is 1. The van der Waals surface area contributed by atoms with Gasteiger partial charge in [-0.15, -0.1) is 0 Å². The number of aliphatic hydroxyl groups is 1. The third kappa shape index (κ3) is 2.18. The van der Waals surface area contributed by atoms with Crippen molar-refractivity contribution >= 4 is 11.8 Å². The fraction of sp³-hybridized carbons (Fsp3) is 0.400. The van der Waals surface area contributed by atoms with E-state index in [0.717, 1.165) is 52.3 Å². The zero-order valence-electron chi connectivity index (χ0n) is 11.5. The SMILES string of the molecule is OCc1c(-c2ccc3c(c2)OCCCO3)nc2n1CCS2. The molecule has 6 heteroatoms. The first-order valence-corrected chi connectivity index (χ1v) is 8.08. The summed E-state index contributed by atoms with van der Waals surface area (Å²) in [6, 6.07) is 5.87. The van der Waals surface area contributed by atoms with Gasteiger partial charge < -0.3 is 19.1 Å². The van der Waals surface area contributed by atoms with Crippen LogP contribution in [0.15, 0.2) is 23.4 Å². The van der Waals surface area contributed by atoms with Crippen LogP contribution in [0.3, 0.4) is 0 Å². The van der Waals surface area contributed by atoms with Gasteiger partial charge in [0.2, 0.25) is 0 Å². The lowest BCUT2D eigenvalue weighted by atomic mass is 10.1. The molecule has 0 saturated carbocycles. The van der Waals surface area contributed by atoms with Crippen molar-refractivity contribution in [3.05, 3.63) is 23.9 Å². The molecule has 0 fully saturated rings. The molecule has 0 saturated heterocycles. The summed E-state index contributed by atoms with van der Waals surface area (Å²) in [5.74, 6) is 2.56. The Bertz CT molecular complexity index is 684. The van der Waals surface area contributed by atoms with Crippen molar-refractivity contribution in [2.75, 3.05) is 19.0 Å². The van der Waals surface area contributed by atoms with Crippen LogP contribution in [0.5, 0.6) is 11.5 Å². The van der Waals surface area contributed by atoms with Crippen LogP contribution >= 0.6 is 11.8 Å². The van der Waals surface area contributed by atoms with Crippen molar-refractivity contribution in [1.82, 2.24) is 9.55 Å². The molecule has 2 aliphatic rings. The lowest BCUT2D eigenvalue weighted by molar-refractivity contribution is 0.271. The van der Waals surface area contributed by atoms with Gasteiger partial charge in [0.25, 0.3) is 0 Å². The van der Waals surface area contributed by atoms with Gasteiger partial charge >= 0.3 is 0 Å². The number of nitrogens with zero attached hydrogens (tertiary/aromatic N) is 2. The number of hydrogen-bond donors (Lipinski definition) is 1. The number of hydrogen-bond acceptors (Lipinski definition) is 5. The van der Waals surface area contributed by atoms with E-state index >= 15 is 0 Å². The van der Waals surface area contributed by atoms with E-state index in [1.807, 2.05) is 18.2 Å². The number of aliphatic hydroxyl groups excluding tert-OH is 1. The largest absolute Gasteiger partial charge is 0.490 e. The van der Waals surface area contributed by atoms with E-state index in [0.29, 0.717) is 13.2 Å². The maximum atomic E-state index is 9.69. The summed E-state index contributed by atoms with van der Waals surface area (Å²) in [6.45, 7) is 2.26. The highest BCUT2D eigenvalue weighted by Gasteiger charge is 2.23. The molecule has 1 aromatic heterocycles. The Morgan fingerprint density at radius 2 is 2.10 bits per heavy atom. The van der Waals surface area contributed by atoms with Crippen LogP contribution in [0.25, 0.3) is 11.3 Å². The van der Waals surface area contributed by atoms with Crippen LogP contribution in [0.2, 0.25) is 0 Å². The molecule has 0 aliphatic carbocycles. The average Bonchev–Trinajstić information content (AvgIpc) is 3.00. The normalized spacial score (nSPS) is 16.6. The lowest BCUT2D eigenvalue weighted by Crippen LogP contribution is -2.01. The molecule has 0 atom stereocenters. The molecule has 21 heavy (non-hydrogen) atoms. The molecule has 4 rings (SSSR count). The molecule has 1 aromatic carbocycles. The molecule has 2 aliphatic heterocycles. The Labute approximate surface area is 126 Å². The van der Waals surface area contributed by atoms with Crippen LogP contribution < -0.4 is 9.47 Å². The number of rotatable bonds is 2. The molecule has 1 N–H and O–H groups in total. The molecule has 0 bridgehead atoms. The van der Waals surface area contributed by atoms with Crippen LogP contribution in [0, 0.1) is 0 Å². The zero-order valence-corrected chi connectivity index (χ0v) is 12.4. The molecular formula is C15H16N2O3S. The molecule has 0 amide bonds. The van der Waals surface area contributed by atoms with Crippen molar-refractivity contribution in [1.29, 1.82) is 0 Å². The van der Waals surface area contributed by atoms with Gasteiger partial charge in [-0.1, -0.05) is 11.8 Å². The van der Waals surface area contributed by atoms with Gasteiger partial charge in [0, 0.05) is 24.3 Å². The van der Waals surface area contributed by atoms with E-state index in [2.05, 4.69) is 9.55 Å². The van der Waals surface area contributed by atoms with Gasteiger partial charge in [-0.25, -0.2) is 4.98 Å². The van der Waals surface area contributed by atoms with Gasteiger partial charge in [-0.2, -0.15) is 0 Å². The standard InChI is InChI=1S/C15H16N2O3S/c18-9-11-14(16-15-17(11)4-7-21-15)10-2-3-12-13(8-10)20-6-1-5-19-12/h2-3,8,18H,1,4-7,9H2. The van der Waals surface area contributed by atoms with Gasteiger partial charge in [0.1, 0.15) is 0 Å². The number of imidazole rings is 1. The van der Waals surface area contributed by atoms with E-state index in [9.17, 15) is 5.11 Å². The van der Waals surface area contributed by atoms with Crippen LogP contribution in [-0.2, 0) is 13.2 Å². The third-order valence-corrected chi connectivity index (χ3v) is 4.71. The third-order valence-electron chi connectivity index (χ3n) is 3.75. The first kappa shape index (κ1) is 13.0. The Morgan fingerprint density at radius 3 is 2.95 bits per heavy atom. The molecule has 2 aromatic rings. The summed E-state index contributed by atoms with van der Waals surface area (Å²) in [5.41, 5.74) is 2.69. The van der Waals surface area contributed by atoms with Crippen LogP contribution in [0.4, 0.5) is 0 Å². The van der Waals surface area contributed by atoms with Crippen molar-refractivity contribution in [3.63, 3.8) is 0 Å². The van der Waals surface area contributed by atoms with Crippen molar-refractivity contribution in [2.45, 2.75) is 24.7 Å². The first-order chi connectivity index (χ1) is 10.4. The second kappa shape index (κ2) is 5.27. The van der Waals surface area contributed by atoms with E-state index in [-0.39, 0.29) is 6.61 Å². The average molecular weight is 304 g/mol. The summed E-state index contributed by atoms with van der Waals surface area (Å²) < 4.78 is 13.5. The monoisotopic (exact) mass is 304 g/mol. The number of thioether (sulfide) groups is 1. The molecule has 0 radical (unpaired) electrons. The number of fused-ring (bicyclic) bond motifs is 2. The van der Waals surface area contributed by atoms with Gasteiger partial charge in [0.05, 0.1) is 31.2 Å². The van der Waals surface area contributed by atoms with Crippen molar-refractivity contribution in [2.24, 2.45) is 0 Å². The Kier molecular flexibility index (Phi) is 3.27.